The zero-order valence-electron chi connectivity index (χ0n) is 19.6. The van der Waals surface area contributed by atoms with Crippen molar-refractivity contribution in [2.45, 2.75) is 17.8 Å². The molecule has 0 spiro atoms. The molecule has 0 saturated carbocycles. The molecule has 0 unspecified atom stereocenters. The molecule has 0 fully saturated rings. The Hall–Kier alpha value is -2.82. The number of carbonyl (C=O) groups excluding carboxylic acids is 2. The quantitative estimate of drug-likeness (QED) is 0.245. The molecule has 4 rings (SSSR count). The molecule has 1 aromatic heterocycles. The molecule has 2 heterocycles. The molecule has 1 amide bonds. The van der Waals surface area contributed by atoms with Gasteiger partial charge in [-0.1, -0.05) is 63.6 Å². The number of hydrogen-bond donors (Lipinski definition) is 3. The molecule has 2 aromatic carbocycles. The van der Waals surface area contributed by atoms with Crippen molar-refractivity contribution in [3.63, 3.8) is 0 Å². The molecule has 3 atom stereocenters. The first-order valence-electron chi connectivity index (χ1n) is 11.2. The highest BCUT2D eigenvalue weighted by Gasteiger charge is 2.66. The Morgan fingerprint density at radius 1 is 1.18 bits per heavy atom. The van der Waals surface area contributed by atoms with Crippen molar-refractivity contribution in [1.82, 2.24) is 5.32 Å². The third-order valence-corrected chi connectivity index (χ3v) is 8.73. The summed E-state index contributed by atoms with van der Waals surface area (Å²) >= 11 is 11.2. The summed E-state index contributed by atoms with van der Waals surface area (Å²) in [6, 6.07) is 17.3. The summed E-state index contributed by atoms with van der Waals surface area (Å²) in [5, 5.41) is 27.1. The number of nitrogens with one attached hydrogen (secondary N) is 2. The average molecular weight is 657 g/mol. The molecule has 0 radical (unpaired) electrons. The summed E-state index contributed by atoms with van der Waals surface area (Å²) < 4.78 is 44.6. The largest absolute Gasteiger partial charge is 0.437 e. The number of nitrogens with zero attached hydrogens (tertiary/aromatic N) is 1. The van der Waals surface area contributed by atoms with Crippen LogP contribution in [-0.2, 0) is 4.79 Å². The van der Waals surface area contributed by atoms with Crippen molar-refractivity contribution < 1.29 is 27.9 Å². The van der Waals surface area contributed by atoms with E-state index >= 15 is 0 Å². The fourth-order valence-electron chi connectivity index (χ4n) is 4.19. The van der Waals surface area contributed by atoms with E-state index in [1.165, 1.54) is 35.7 Å². The van der Waals surface area contributed by atoms with Gasteiger partial charge in [-0.3, -0.25) is 9.59 Å². The second-order valence-electron chi connectivity index (χ2n) is 8.41. The zero-order valence-corrected chi connectivity index (χ0v) is 23.6. The number of anilines is 1. The number of alkyl halides is 3. The van der Waals surface area contributed by atoms with Crippen LogP contribution in [-0.4, -0.2) is 34.5 Å². The van der Waals surface area contributed by atoms with Crippen molar-refractivity contribution >= 4 is 68.0 Å². The molecule has 3 aromatic rings. The Bertz CT molecular complexity index is 1460. The van der Waals surface area contributed by atoms with E-state index < -0.39 is 41.2 Å². The van der Waals surface area contributed by atoms with Gasteiger partial charge in [0.05, 0.1) is 33.2 Å². The lowest BCUT2D eigenvalue weighted by Gasteiger charge is -2.45. The number of amides is 1. The van der Waals surface area contributed by atoms with Crippen LogP contribution in [0.3, 0.4) is 0 Å². The van der Waals surface area contributed by atoms with Crippen LogP contribution in [0.4, 0.5) is 18.9 Å². The van der Waals surface area contributed by atoms with E-state index in [0.717, 1.165) is 15.8 Å². The van der Waals surface area contributed by atoms with Crippen LogP contribution in [0.15, 0.2) is 81.1 Å². The number of rotatable bonds is 7. The van der Waals surface area contributed by atoms with E-state index in [-0.39, 0.29) is 26.1 Å². The summed E-state index contributed by atoms with van der Waals surface area (Å²) in [6.45, 7) is 0. The van der Waals surface area contributed by atoms with E-state index in [1.807, 2.05) is 11.4 Å². The van der Waals surface area contributed by atoms with Crippen molar-refractivity contribution in [3.8, 4) is 6.07 Å². The Balaban J connectivity index is 1.79. The van der Waals surface area contributed by atoms with Crippen molar-refractivity contribution in [3.05, 3.63) is 96.6 Å². The number of carbonyl (C=O) groups is 2. The summed E-state index contributed by atoms with van der Waals surface area (Å²) in [6.07, 6.45) is -5.35. The van der Waals surface area contributed by atoms with Crippen LogP contribution >= 0.6 is 50.6 Å². The first-order chi connectivity index (χ1) is 18.5. The van der Waals surface area contributed by atoms with Crippen LogP contribution in [0.2, 0.25) is 5.02 Å². The molecular weight excluding hydrogens is 639 g/mol. The minimum Gasteiger partial charge on any atom is -0.363 e. The number of aliphatic hydroxyl groups is 1. The summed E-state index contributed by atoms with van der Waals surface area (Å²) in [7, 11) is 0. The number of halogens is 5. The molecule has 6 nitrogen and oxygen atoms in total. The number of thiophene rings is 1. The lowest BCUT2D eigenvalue weighted by Crippen LogP contribution is -2.66. The molecule has 0 aliphatic carbocycles. The zero-order chi connectivity index (χ0) is 28.4. The number of ketones is 1. The standard InChI is InChI=1S/C26H18BrClF3N3O3S2/c27-14-7-9-15(10-8-14)33-20(35)13-39-24-17(12-32)21(16-4-1-2-5-18(16)28)22(23(36)19-6-3-11-38-19)25(37,34-24)26(29,30)31/h1-11,21-22,34,37H,13H2,(H,33,35)/t21-,22+,25+/m0/s1. The maximum absolute atomic E-state index is 14.6. The Kier molecular flexibility index (Phi) is 8.78. The highest BCUT2D eigenvalue weighted by molar-refractivity contribution is 9.10. The van der Waals surface area contributed by atoms with Gasteiger partial charge in [0.1, 0.15) is 0 Å². The number of benzene rings is 2. The molecular formula is C26H18BrClF3N3O3S2. The summed E-state index contributed by atoms with van der Waals surface area (Å²) in [5.74, 6) is -5.71. The lowest BCUT2D eigenvalue weighted by atomic mass is 9.70. The minimum atomic E-state index is -5.35. The first-order valence-corrected chi connectivity index (χ1v) is 14.2. The highest BCUT2D eigenvalue weighted by atomic mass is 79.9. The van der Waals surface area contributed by atoms with Gasteiger partial charge >= 0.3 is 6.18 Å². The van der Waals surface area contributed by atoms with Crippen LogP contribution in [0, 0.1) is 17.2 Å². The maximum Gasteiger partial charge on any atom is 0.437 e. The Labute approximate surface area is 243 Å². The first kappa shape index (κ1) is 29.2. The van der Waals surface area contributed by atoms with Gasteiger partial charge in [0, 0.05) is 21.1 Å². The topological polar surface area (TPSA) is 102 Å². The van der Waals surface area contributed by atoms with Crippen LogP contribution in [0.5, 0.6) is 0 Å². The SMILES string of the molecule is N#CC1=C(SCC(=O)Nc2ccc(Br)cc2)N[C@](O)(C(F)(F)F)[C@@H](C(=O)c2cccs2)[C@H]1c1ccccc1Cl. The smallest absolute Gasteiger partial charge is 0.363 e. The van der Waals surface area contributed by atoms with Crippen molar-refractivity contribution in [2.24, 2.45) is 5.92 Å². The van der Waals surface area contributed by atoms with E-state index in [1.54, 1.807) is 30.3 Å². The van der Waals surface area contributed by atoms with Gasteiger partial charge in [0.15, 0.2) is 5.78 Å². The molecule has 1 aliphatic rings. The van der Waals surface area contributed by atoms with Gasteiger partial charge in [0.25, 0.3) is 0 Å². The minimum absolute atomic E-state index is 0.0167. The molecule has 39 heavy (non-hydrogen) atoms. The second-order valence-corrected chi connectivity index (χ2v) is 11.7. The van der Waals surface area contributed by atoms with E-state index in [2.05, 4.69) is 21.2 Å². The third kappa shape index (κ3) is 6.02. The normalized spacial score (nSPS) is 21.2. The summed E-state index contributed by atoms with van der Waals surface area (Å²) in [4.78, 5) is 26.1. The van der Waals surface area contributed by atoms with Crippen LogP contribution < -0.4 is 10.6 Å². The van der Waals surface area contributed by atoms with Gasteiger partial charge in [-0.2, -0.15) is 18.4 Å². The number of Topliss-reactive ketones (excluding diaryl/α,β-unsaturated/α-hetero) is 1. The number of allylic oxidation sites excluding steroid dienone is 1. The van der Waals surface area contributed by atoms with Gasteiger partial charge in [-0.25, -0.2) is 0 Å². The van der Waals surface area contributed by atoms with Gasteiger partial charge in [-0.15, -0.1) is 11.3 Å². The average Bonchev–Trinajstić information content (AvgIpc) is 3.43. The molecule has 202 valence electrons. The van der Waals surface area contributed by atoms with E-state index in [0.29, 0.717) is 17.4 Å². The lowest BCUT2D eigenvalue weighted by molar-refractivity contribution is -0.285. The number of thioether (sulfide) groups is 1. The second kappa shape index (κ2) is 11.7. The molecule has 3 N–H and O–H groups in total. The van der Waals surface area contributed by atoms with Crippen molar-refractivity contribution in [2.75, 3.05) is 11.1 Å². The maximum atomic E-state index is 14.6. The number of hydrogen-bond acceptors (Lipinski definition) is 7. The highest BCUT2D eigenvalue weighted by Crippen LogP contribution is 2.52. The molecule has 0 saturated heterocycles. The molecule has 1 aliphatic heterocycles. The molecule has 0 bridgehead atoms. The van der Waals surface area contributed by atoms with E-state index in [4.69, 9.17) is 11.6 Å². The number of nitriles is 1. The van der Waals surface area contributed by atoms with Crippen LogP contribution in [0.1, 0.15) is 21.2 Å². The fourth-order valence-corrected chi connectivity index (χ4v) is 6.32. The third-order valence-electron chi connectivity index (χ3n) is 5.96. The summed E-state index contributed by atoms with van der Waals surface area (Å²) in [5.41, 5.74) is -3.51. The van der Waals surface area contributed by atoms with Gasteiger partial charge < -0.3 is 15.7 Å². The Morgan fingerprint density at radius 3 is 2.46 bits per heavy atom. The predicted molar refractivity (Wildman–Crippen MR) is 148 cm³/mol. The van der Waals surface area contributed by atoms with Gasteiger partial charge in [-0.05, 0) is 47.3 Å². The van der Waals surface area contributed by atoms with Gasteiger partial charge in [0.2, 0.25) is 11.6 Å². The monoisotopic (exact) mass is 655 g/mol. The fraction of sp³-hybridized carbons (Fsp3) is 0.192. The predicted octanol–water partition coefficient (Wildman–Crippen LogP) is 6.71. The van der Waals surface area contributed by atoms with E-state index in [9.17, 15) is 33.1 Å². The van der Waals surface area contributed by atoms with Crippen molar-refractivity contribution in [1.29, 1.82) is 5.26 Å². The van der Waals surface area contributed by atoms with Crippen LogP contribution in [0.25, 0.3) is 0 Å². The molecule has 13 heteroatoms. The Morgan fingerprint density at radius 2 is 1.87 bits per heavy atom.